The lowest BCUT2D eigenvalue weighted by Gasteiger charge is -2.17. The zero-order chi connectivity index (χ0) is 13.8. The molecule has 0 saturated carbocycles. The summed E-state index contributed by atoms with van der Waals surface area (Å²) in [5.74, 6) is -1.30. The minimum Gasteiger partial charge on any atom is -0.481 e. The van der Waals surface area contributed by atoms with E-state index in [2.05, 4.69) is 5.32 Å². The largest absolute Gasteiger partial charge is 0.481 e. The fourth-order valence-electron chi connectivity index (χ4n) is 1.58. The van der Waals surface area contributed by atoms with E-state index in [-0.39, 0.29) is 0 Å². The highest BCUT2D eigenvalue weighted by molar-refractivity contribution is 5.75. The Morgan fingerprint density at radius 3 is 2.33 bits per heavy atom. The van der Waals surface area contributed by atoms with Gasteiger partial charge in [-0.25, -0.2) is 0 Å². The standard InChI is InChI=1S/C14H21NO3/c1-10(13(16)17)12-6-4-11(5-7-12)8-15-9-14(2,3)18/h4-7,10,15,18H,8-9H2,1-3H3,(H,16,17). The molecular formula is C14H21NO3. The Morgan fingerprint density at radius 1 is 1.33 bits per heavy atom. The van der Waals surface area contributed by atoms with Gasteiger partial charge in [-0.2, -0.15) is 0 Å². The third-order valence-electron chi connectivity index (χ3n) is 2.74. The maximum atomic E-state index is 10.8. The molecule has 18 heavy (non-hydrogen) atoms. The van der Waals surface area contributed by atoms with Crippen LogP contribution >= 0.6 is 0 Å². The molecule has 1 rings (SSSR count). The van der Waals surface area contributed by atoms with Gasteiger partial charge in [0.2, 0.25) is 0 Å². The summed E-state index contributed by atoms with van der Waals surface area (Å²) in [6.45, 7) is 6.34. The van der Waals surface area contributed by atoms with Gasteiger partial charge in [0, 0.05) is 13.1 Å². The Balaban J connectivity index is 2.53. The monoisotopic (exact) mass is 251 g/mol. The van der Waals surface area contributed by atoms with E-state index in [0.29, 0.717) is 13.1 Å². The second kappa shape index (κ2) is 5.98. The Labute approximate surface area is 108 Å². The number of aliphatic hydroxyl groups is 1. The van der Waals surface area contributed by atoms with Crippen molar-refractivity contribution in [1.82, 2.24) is 5.32 Å². The van der Waals surface area contributed by atoms with Gasteiger partial charge >= 0.3 is 5.97 Å². The van der Waals surface area contributed by atoms with Gasteiger partial charge in [0.05, 0.1) is 11.5 Å². The lowest BCUT2D eigenvalue weighted by Crippen LogP contribution is -2.34. The van der Waals surface area contributed by atoms with Crippen molar-refractivity contribution in [2.24, 2.45) is 0 Å². The van der Waals surface area contributed by atoms with Crippen LogP contribution in [0.15, 0.2) is 24.3 Å². The van der Waals surface area contributed by atoms with Crippen LogP contribution in [0.5, 0.6) is 0 Å². The number of hydrogen-bond acceptors (Lipinski definition) is 3. The van der Waals surface area contributed by atoms with Gasteiger partial charge in [-0.15, -0.1) is 0 Å². The fraction of sp³-hybridized carbons (Fsp3) is 0.500. The maximum Gasteiger partial charge on any atom is 0.310 e. The third kappa shape index (κ3) is 4.85. The number of hydrogen-bond donors (Lipinski definition) is 3. The van der Waals surface area contributed by atoms with Gasteiger partial charge in [0.15, 0.2) is 0 Å². The van der Waals surface area contributed by atoms with Crippen LogP contribution in [0.25, 0.3) is 0 Å². The highest BCUT2D eigenvalue weighted by Gasteiger charge is 2.13. The van der Waals surface area contributed by atoms with E-state index < -0.39 is 17.5 Å². The predicted octanol–water partition coefficient (Wildman–Crippen LogP) is 1.74. The van der Waals surface area contributed by atoms with E-state index in [1.54, 1.807) is 20.8 Å². The lowest BCUT2D eigenvalue weighted by molar-refractivity contribution is -0.138. The number of carboxylic acids is 1. The molecule has 0 heterocycles. The van der Waals surface area contributed by atoms with Crippen molar-refractivity contribution in [1.29, 1.82) is 0 Å². The molecule has 0 aliphatic rings. The first-order valence-electron chi connectivity index (χ1n) is 6.04. The van der Waals surface area contributed by atoms with Gasteiger partial charge in [-0.1, -0.05) is 24.3 Å². The molecule has 0 bridgehead atoms. The van der Waals surface area contributed by atoms with Crippen LogP contribution in [0.2, 0.25) is 0 Å². The average molecular weight is 251 g/mol. The van der Waals surface area contributed by atoms with Gasteiger partial charge in [0.25, 0.3) is 0 Å². The van der Waals surface area contributed by atoms with Crippen molar-refractivity contribution in [2.75, 3.05) is 6.54 Å². The number of benzene rings is 1. The molecule has 4 nitrogen and oxygen atoms in total. The van der Waals surface area contributed by atoms with Crippen LogP contribution in [0.4, 0.5) is 0 Å². The van der Waals surface area contributed by atoms with Crippen molar-refractivity contribution in [3.05, 3.63) is 35.4 Å². The molecule has 3 N–H and O–H groups in total. The first-order chi connectivity index (χ1) is 8.29. The summed E-state index contributed by atoms with van der Waals surface area (Å²) in [6.07, 6.45) is 0. The van der Waals surface area contributed by atoms with Crippen molar-refractivity contribution < 1.29 is 15.0 Å². The summed E-state index contributed by atoms with van der Waals surface area (Å²) in [4.78, 5) is 10.8. The summed E-state index contributed by atoms with van der Waals surface area (Å²) in [6, 6.07) is 7.48. The summed E-state index contributed by atoms with van der Waals surface area (Å²) in [5.41, 5.74) is 1.15. The van der Waals surface area contributed by atoms with E-state index in [1.807, 2.05) is 24.3 Å². The summed E-state index contributed by atoms with van der Waals surface area (Å²) < 4.78 is 0. The van der Waals surface area contributed by atoms with Crippen LogP contribution in [-0.2, 0) is 11.3 Å². The minimum atomic E-state index is -0.817. The molecule has 1 atom stereocenters. The number of nitrogens with one attached hydrogen (secondary N) is 1. The SMILES string of the molecule is CC(C(=O)O)c1ccc(CNCC(C)(C)O)cc1. The van der Waals surface area contributed by atoms with E-state index in [1.165, 1.54) is 0 Å². The fourth-order valence-corrected chi connectivity index (χ4v) is 1.58. The quantitative estimate of drug-likeness (QED) is 0.720. The molecule has 1 aromatic carbocycles. The van der Waals surface area contributed by atoms with Crippen LogP contribution in [0.3, 0.4) is 0 Å². The summed E-state index contributed by atoms with van der Waals surface area (Å²) in [5, 5.41) is 21.6. The van der Waals surface area contributed by atoms with Gasteiger partial charge in [-0.3, -0.25) is 4.79 Å². The third-order valence-corrected chi connectivity index (χ3v) is 2.74. The first-order valence-corrected chi connectivity index (χ1v) is 6.04. The van der Waals surface area contributed by atoms with Crippen LogP contribution in [0, 0.1) is 0 Å². The predicted molar refractivity (Wildman–Crippen MR) is 70.5 cm³/mol. The Kier molecular flexibility index (Phi) is 4.87. The number of carbonyl (C=O) groups is 1. The normalized spacial score (nSPS) is 13.3. The van der Waals surface area contributed by atoms with Crippen LogP contribution < -0.4 is 5.32 Å². The second-order valence-corrected chi connectivity index (χ2v) is 5.22. The molecule has 0 aliphatic carbocycles. The molecule has 1 aromatic rings. The average Bonchev–Trinajstić information content (AvgIpc) is 2.27. The molecule has 1 unspecified atom stereocenters. The molecule has 0 spiro atoms. The van der Waals surface area contributed by atoms with E-state index in [4.69, 9.17) is 5.11 Å². The topological polar surface area (TPSA) is 69.6 Å². The van der Waals surface area contributed by atoms with Crippen molar-refractivity contribution in [2.45, 2.75) is 38.8 Å². The zero-order valence-corrected chi connectivity index (χ0v) is 11.1. The summed E-state index contributed by atoms with van der Waals surface area (Å²) in [7, 11) is 0. The minimum absolute atomic E-state index is 0.483. The molecule has 0 aliphatic heterocycles. The van der Waals surface area contributed by atoms with Gasteiger partial charge in [0.1, 0.15) is 0 Å². The van der Waals surface area contributed by atoms with E-state index in [9.17, 15) is 9.90 Å². The van der Waals surface area contributed by atoms with E-state index in [0.717, 1.165) is 11.1 Å². The molecule has 0 amide bonds. The highest BCUT2D eigenvalue weighted by Crippen LogP contribution is 2.16. The highest BCUT2D eigenvalue weighted by atomic mass is 16.4. The number of rotatable bonds is 6. The zero-order valence-electron chi connectivity index (χ0n) is 11.1. The van der Waals surface area contributed by atoms with Crippen LogP contribution in [-0.4, -0.2) is 28.3 Å². The first kappa shape index (κ1) is 14.7. The molecule has 0 saturated heterocycles. The number of aliphatic carboxylic acids is 1. The summed E-state index contributed by atoms with van der Waals surface area (Å²) >= 11 is 0. The van der Waals surface area contributed by atoms with Gasteiger partial charge in [-0.05, 0) is 31.9 Å². The second-order valence-electron chi connectivity index (χ2n) is 5.22. The van der Waals surface area contributed by atoms with Crippen molar-refractivity contribution >= 4 is 5.97 Å². The number of carboxylic acid groups (broad SMARTS) is 1. The molecule has 0 radical (unpaired) electrons. The van der Waals surface area contributed by atoms with Crippen molar-refractivity contribution in [3.8, 4) is 0 Å². The molecule has 0 fully saturated rings. The van der Waals surface area contributed by atoms with E-state index >= 15 is 0 Å². The molecule has 4 heteroatoms. The lowest BCUT2D eigenvalue weighted by atomic mass is 10.00. The Bertz CT molecular complexity index is 392. The smallest absolute Gasteiger partial charge is 0.310 e. The maximum absolute atomic E-state index is 10.8. The van der Waals surface area contributed by atoms with Crippen LogP contribution in [0.1, 0.15) is 37.8 Å². The molecule has 100 valence electrons. The van der Waals surface area contributed by atoms with Gasteiger partial charge < -0.3 is 15.5 Å². The molecule has 0 aromatic heterocycles. The van der Waals surface area contributed by atoms with Crippen molar-refractivity contribution in [3.63, 3.8) is 0 Å². The Hall–Kier alpha value is -1.39. The molecular weight excluding hydrogens is 230 g/mol. The Morgan fingerprint density at radius 2 is 1.89 bits per heavy atom.